The standard InChI is InChI=1S/C11H10Cl2N2O2S2/c1-19(16,17)7-2-3-8(12)9(4-7)14-6-11-15-5-10(13)18-11/h2-5,14H,6H2,1H3. The Labute approximate surface area is 125 Å². The van der Waals surface area contributed by atoms with Gasteiger partial charge in [0.15, 0.2) is 9.84 Å². The number of benzene rings is 1. The molecule has 0 atom stereocenters. The van der Waals surface area contributed by atoms with Crippen molar-refractivity contribution in [3.63, 3.8) is 0 Å². The monoisotopic (exact) mass is 336 g/mol. The third kappa shape index (κ3) is 3.82. The molecule has 102 valence electrons. The average molecular weight is 337 g/mol. The molecule has 0 radical (unpaired) electrons. The average Bonchev–Trinajstić information content (AvgIpc) is 2.72. The lowest BCUT2D eigenvalue weighted by molar-refractivity contribution is 0.602. The first-order valence-electron chi connectivity index (χ1n) is 5.20. The predicted octanol–water partition coefficient (Wildman–Crippen LogP) is 3.47. The minimum absolute atomic E-state index is 0.219. The number of hydrogen-bond acceptors (Lipinski definition) is 5. The maximum Gasteiger partial charge on any atom is 0.175 e. The molecule has 8 heteroatoms. The third-order valence-corrected chi connectivity index (χ3v) is 4.88. The molecule has 4 nitrogen and oxygen atoms in total. The van der Waals surface area contributed by atoms with Gasteiger partial charge in [-0.1, -0.05) is 23.2 Å². The van der Waals surface area contributed by atoms with Crippen LogP contribution in [0.4, 0.5) is 5.69 Å². The van der Waals surface area contributed by atoms with Crippen LogP contribution in [0.2, 0.25) is 9.36 Å². The van der Waals surface area contributed by atoms with Gasteiger partial charge in [0, 0.05) is 6.26 Å². The molecule has 1 heterocycles. The number of anilines is 1. The summed E-state index contributed by atoms with van der Waals surface area (Å²) in [6.45, 7) is 0.435. The van der Waals surface area contributed by atoms with Crippen molar-refractivity contribution in [2.75, 3.05) is 11.6 Å². The van der Waals surface area contributed by atoms with Gasteiger partial charge in [-0.25, -0.2) is 13.4 Å². The highest BCUT2D eigenvalue weighted by atomic mass is 35.5. The van der Waals surface area contributed by atoms with E-state index in [1.54, 1.807) is 12.3 Å². The molecular weight excluding hydrogens is 327 g/mol. The maximum absolute atomic E-state index is 11.5. The molecule has 0 fully saturated rings. The summed E-state index contributed by atoms with van der Waals surface area (Å²) in [5.74, 6) is 0. The van der Waals surface area contributed by atoms with E-state index in [9.17, 15) is 8.42 Å². The molecule has 2 aromatic rings. The highest BCUT2D eigenvalue weighted by Crippen LogP contribution is 2.26. The van der Waals surface area contributed by atoms with Crippen molar-refractivity contribution in [3.8, 4) is 0 Å². The molecule has 1 N–H and O–H groups in total. The smallest absolute Gasteiger partial charge is 0.175 e. The third-order valence-electron chi connectivity index (χ3n) is 2.32. The van der Waals surface area contributed by atoms with Crippen molar-refractivity contribution < 1.29 is 8.42 Å². The Morgan fingerprint density at radius 1 is 1.37 bits per heavy atom. The molecule has 1 aromatic heterocycles. The lowest BCUT2D eigenvalue weighted by Crippen LogP contribution is -2.02. The highest BCUT2D eigenvalue weighted by Gasteiger charge is 2.10. The van der Waals surface area contributed by atoms with Crippen LogP contribution in [0.5, 0.6) is 0 Å². The van der Waals surface area contributed by atoms with E-state index in [-0.39, 0.29) is 4.90 Å². The zero-order valence-corrected chi connectivity index (χ0v) is 13.0. The van der Waals surface area contributed by atoms with E-state index in [0.29, 0.717) is 21.6 Å². The van der Waals surface area contributed by atoms with Crippen LogP contribution < -0.4 is 5.32 Å². The fourth-order valence-corrected chi connectivity index (χ4v) is 3.14. The van der Waals surface area contributed by atoms with Gasteiger partial charge in [0.25, 0.3) is 0 Å². The van der Waals surface area contributed by atoms with E-state index in [2.05, 4.69) is 10.3 Å². The highest BCUT2D eigenvalue weighted by molar-refractivity contribution is 7.90. The molecule has 1 aromatic carbocycles. The number of sulfone groups is 1. The van der Waals surface area contributed by atoms with Gasteiger partial charge in [-0.3, -0.25) is 0 Å². The SMILES string of the molecule is CS(=O)(=O)c1ccc(Cl)c(NCc2ncc(Cl)s2)c1. The number of thiazole rings is 1. The number of aromatic nitrogens is 1. The largest absolute Gasteiger partial charge is 0.377 e. The number of hydrogen-bond donors (Lipinski definition) is 1. The fraction of sp³-hybridized carbons (Fsp3) is 0.182. The van der Waals surface area contributed by atoms with Gasteiger partial charge in [0.1, 0.15) is 9.34 Å². The van der Waals surface area contributed by atoms with Crippen LogP contribution in [0.3, 0.4) is 0 Å². The van der Waals surface area contributed by atoms with E-state index >= 15 is 0 Å². The van der Waals surface area contributed by atoms with Crippen molar-refractivity contribution in [1.29, 1.82) is 0 Å². The summed E-state index contributed by atoms with van der Waals surface area (Å²) in [5, 5.41) is 4.30. The number of nitrogens with one attached hydrogen (secondary N) is 1. The van der Waals surface area contributed by atoms with E-state index in [1.165, 1.54) is 23.5 Å². The second kappa shape index (κ2) is 5.66. The van der Waals surface area contributed by atoms with Gasteiger partial charge < -0.3 is 5.32 Å². The Morgan fingerprint density at radius 2 is 2.11 bits per heavy atom. The topological polar surface area (TPSA) is 59.1 Å². The first kappa shape index (κ1) is 14.6. The molecule has 0 amide bonds. The van der Waals surface area contributed by atoms with Gasteiger partial charge in [-0.15, -0.1) is 11.3 Å². The van der Waals surface area contributed by atoms with Gasteiger partial charge in [0.2, 0.25) is 0 Å². The quantitative estimate of drug-likeness (QED) is 0.928. The molecule has 19 heavy (non-hydrogen) atoms. The van der Waals surface area contributed by atoms with Crippen molar-refractivity contribution in [1.82, 2.24) is 4.98 Å². The van der Waals surface area contributed by atoms with Crippen LogP contribution in [-0.2, 0) is 16.4 Å². The normalized spacial score (nSPS) is 11.5. The summed E-state index contributed by atoms with van der Waals surface area (Å²) >= 11 is 13.2. The summed E-state index contributed by atoms with van der Waals surface area (Å²) in [5.41, 5.74) is 0.552. The number of halogens is 2. The Balaban J connectivity index is 2.20. The molecule has 0 unspecified atom stereocenters. The fourth-order valence-electron chi connectivity index (χ4n) is 1.41. The van der Waals surface area contributed by atoms with Crippen LogP contribution in [-0.4, -0.2) is 19.7 Å². The van der Waals surface area contributed by atoms with Crippen molar-refractivity contribution in [2.45, 2.75) is 11.4 Å². The lowest BCUT2D eigenvalue weighted by atomic mass is 10.3. The van der Waals surface area contributed by atoms with Crippen LogP contribution in [0, 0.1) is 0 Å². The molecule has 0 spiro atoms. The van der Waals surface area contributed by atoms with Crippen LogP contribution in [0.1, 0.15) is 5.01 Å². The summed E-state index contributed by atoms with van der Waals surface area (Å²) < 4.78 is 23.6. The Kier molecular flexibility index (Phi) is 4.35. The minimum Gasteiger partial charge on any atom is -0.377 e. The van der Waals surface area contributed by atoms with Gasteiger partial charge >= 0.3 is 0 Å². The molecular formula is C11H10Cl2N2O2S2. The molecule has 0 saturated heterocycles. The first-order valence-corrected chi connectivity index (χ1v) is 8.66. The van der Waals surface area contributed by atoms with Crippen molar-refractivity contribution >= 4 is 50.1 Å². The van der Waals surface area contributed by atoms with Gasteiger partial charge in [-0.05, 0) is 18.2 Å². The second-order valence-electron chi connectivity index (χ2n) is 3.83. The summed E-state index contributed by atoms with van der Waals surface area (Å²) in [4.78, 5) is 4.31. The van der Waals surface area contributed by atoms with E-state index in [1.807, 2.05) is 0 Å². The molecule has 0 saturated carbocycles. The van der Waals surface area contributed by atoms with Crippen molar-refractivity contribution in [2.24, 2.45) is 0 Å². The Morgan fingerprint density at radius 3 is 2.68 bits per heavy atom. The molecule has 0 bridgehead atoms. The zero-order chi connectivity index (χ0) is 14.0. The molecule has 0 aliphatic rings. The number of rotatable bonds is 4. The van der Waals surface area contributed by atoms with E-state index in [0.717, 1.165) is 11.3 Å². The Hall–Kier alpha value is -0.820. The van der Waals surface area contributed by atoms with Gasteiger partial charge in [0.05, 0.1) is 28.3 Å². The van der Waals surface area contributed by atoms with E-state index in [4.69, 9.17) is 23.2 Å². The summed E-state index contributed by atoms with van der Waals surface area (Å²) in [6.07, 6.45) is 2.72. The molecule has 0 aliphatic heterocycles. The lowest BCUT2D eigenvalue weighted by Gasteiger charge is -2.08. The first-order chi connectivity index (χ1) is 8.86. The summed E-state index contributed by atoms with van der Waals surface area (Å²) in [6, 6.07) is 4.53. The predicted molar refractivity (Wildman–Crippen MR) is 79.0 cm³/mol. The second-order valence-corrected chi connectivity index (χ2v) is 7.99. The summed E-state index contributed by atoms with van der Waals surface area (Å²) in [7, 11) is -3.25. The Bertz CT molecular complexity index is 698. The van der Waals surface area contributed by atoms with Gasteiger partial charge in [-0.2, -0.15) is 0 Å². The zero-order valence-electron chi connectivity index (χ0n) is 9.85. The van der Waals surface area contributed by atoms with Crippen LogP contribution in [0.25, 0.3) is 0 Å². The van der Waals surface area contributed by atoms with Crippen LogP contribution in [0.15, 0.2) is 29.3 Å². The van der Waals surface area contributed by atoms with Crippen LogP contribution >= 0.6 is 34.5 Å². The minimum atomic E-state index is -3.25. The van der Waals surface area contributed by atoms with E-state index < -0.39 is 9.84 Å². The maximum atomic E-state index is 11.5. The van der Waals surface area contributed by atoms with Crippen molar-refractivity contribution in [3.05, 3.63) is 38.8 Å². The molecule has 0 aliphatic carbocycles. The molecule has 2 rings (SSSR count). The number of nitrogens with zero attached hydrogens (tertiary/aromatic N) is 1.